The first-order valence-electron chi connectivity index (χ1n) is 11.3. The zero-order chi connectivity index (χ0) is 22.1. The molecule has 5 rings (SSSR count). The molecule has 3 aromatic rings. The summed E-state index contributed by atoms with van der Waals surface area (Å²) in [6, 6.07) is 10.5. The molecule has 7 nitrogen and oxygen atoms in total. The molecule has 2 N–H and O–H groups in total. The van der Waals surface area contributed by atoms with Gasteiger partial charge < -0.3 is 20.3 Å². The van der Waals surface area contributed by atoms with Crippen LogP contribution in [0.25, 0.3) is 21.9 Å². The van der Waals surface area contributed by atoms with E-state index in [1.807, 2.05) is 17.3 Å². The van der Waals surface area contributed by atoms with E-state index in [0.29, 0.717) is 37.7 Å². The highest BCUT2D eigenvalue weighted by Gasteiger charge is 2.31. The van der Waals surface area contributed by atoms with Crippen molar-refractivity contribution in [2.45, 2.75) is 25.2 Å². The molecular weight excluding hydrogens is 402 g/mol. The number of methoxy groups -OCH3 is 1. The molecule has 166 valence electrons. The van der Waals surface area contributed by atoms with Gasteiger partial charge in [0.1, 0.15) is 0 Å². The van der Waals surface area contributed by atoms with Crippen molar-refractivity contribution >= 4 is 28.2 Å². The maximum absolute atomic E-state index is 12.3. The summed E-state index contributed by atoms with van der Waals surface area (Å²) in [6.07, 6.45) is 6.49. The predicted molar refractivity (Wildman–Crippen MR) is 127 cm³/mol. The lowest BCUT2D eigenvalue weighted by Gasteiger charge is -2.36. The molecule has 1 saturated heterocycles. The number of nitrogens with two attached hydrogens (primary N) is 1. The Kier molecular flexibility index (Phi) is 5.66. The second kappa shape index (κ2) is 8.74. The second-order valence-corrected chi connectivity index (χ2v) is 8.62. The first-order chi connectivity index (χ1) is 15.7. The molecule has 1 aromatic carbocycles. The van der Waals surface area contributed by atoms with Crippen LogP contribution in [0.15, 0.2) is 42.7 Å². The minimum Gasteiger partial charge on any atom is -0.396 e. The standard InChI is InChI=1S/C25H29N5O2/c1-32-14-8-23(31)29-10-12-30(13-11-29)25-22(26)15-21(24(28-25)17-5-6-17)20-4-2-3-18-16-27-9-7-19(18)20/h2-4,7,9,15-17H,5-6,8,10-14,26H2,1H3. The third-order valence-corrected chi connectivity index (χ3v) is 6.45. The molecular formula is C25H29N5O2. The number of aromatic nitrogens is 2. The molecule has 0 radical (unpaired) electrons. The van der Waals surface area contributed by atoms with Gasteiger partial charge in [0, 0.05) is 62.6 Å². The van der Waals surface area contributed by atoms with E-state index in [-0.39, 0.29) is 5.91 Å². The maximum Gasteiger partial charge on any atom is 0.225 e. The average Bonchev–Trinajstić information content (AvgIpc) is 3.67. The molecule has 3 heterocycles. The quantitative estimate of drug-likeness (QED) is 0.644. The van der Waals surface area contributed by atoms with Crippen LogP contribution in [0.1, 0.15) is 30.9 Å². The van der Waals surface area contributed by atoms with Crippen molar-refractivity contribution in [2.75, 3.05) is 50.5 Å². The highest BCUT2D eigenvalue weighted by Crippen LogP contribution is 2.46. The van der Waals surface area contributed by atoms with Crippen molar-refractivity contribution in [3.05, 3.63) is 48.4 Å². The van der Waals surface area contributed by atoms with Crippen molar-refractivity contribution in [1.82, 2.24) is 14.9 Å². The number of fused-ring (bicyclic) bond motifs is 1. The smallest absolute Gasteiger partial charge is 0.225 e. The Balaban J connectivity index is 1.44. The largest absolute Gasteiger partial charge is 0.396 e. The minimum absolute atomic E-state index is 0.145. The molecule has 2 aromatic heterocycles. The summed E-state index contributed by atoms with van der Waals surface area (Å²) in [7, 11) is 1.62. The number of benzene rings is 1. The third-order valence-electron chi connectivity index (χ3n) is 6.45. The number of hydrogen-bond acceptors (Lipinski definition) is 6. The van der Waals surface area contributed by atoms with Crippen LogP contribution in [-0.2, 0) is 9.53 Å². The van der Waals surface area contributed by atoms with E-state index >= 15 is 0 Å². The monoisotopic (exact) mass is 431 g/mol. The average molecular weight is 432 g/mol. The van der Waals surface area contributed by atoms with Gasteiger partial charge in [-0.1, -0.05) is 18.2 Å². The van der Waals surface area contributed by atoms with Gasteiger partial charge in [-0.05, 0) is 35.9 Å². The summed E-state index contributed by atoms with van der Waals surface area (Å²) in [5.41, 5.74) is 10.7. The number of rotatable bonds is 6. The molecule has 0 unspecified atom stereocenters. The van der Waals surface area contributed by atoms with E-state index in [1.165, 1.54) is 5.39 Å². The first kappa shape index (κ1) is 20.7. The van der Waals surface area contributed by atoms with Gasteiger partial charge in [-0.25, -0.2) is 4.98 Å². The summed E-state index contributed by atoms with van der Waals surface area (Å²) in [5.74, 6) is 1.48. The number of pyridine rings is 2. The SMILES string of the molecule is COCCC(=O)N1CCN(c2nc(C3CC3)c(-c3cccc4cnccc34)cc2N)CC1. The van der Waals surface area contributed by atoms with Crippen LogP contribution in [0.5, 0.6) is 0 Å². The third kappa shape index (κ3) is 4.00. The zero-order valence-corrected chi connectivity index (χ0v) is 18.5. The first-order valence-corrected chi connectivity index (χ1v) is 11.3. The number of piperazine rings is 1. The van der Waals surface area contributed by atoms with E-state index in [2.05, 4.69) is 40.2 Å². The summed E-state index contributed by atoms with van der Waals surface area (Å²) < 4.78 is 5.04. The van der Waals surface area contributed by atoms with Crippen molar-refractivity contribution in [3.63, 3.8) is 0 Å². The van der Waals surface area contributed by atoms with Gasteiger partial charge in [-0.15, -0.1) is 0 Å². The van der Waals surface area contributed by atoms with Crippen LogP contribution in [0.2, 0.25) is 0 Å². The number of amides is 1. The van der Waals surface area contributed by atoms with Crippen LogP contribution >= 0.6 is 0 Å². The molecule has 0 spiro atoms. The molecule has 1 amide bonds. The summed E-state index contributed by atoms with van der Waals surface area (Å²) >= 11 is 0. The summed E-state index contributed by atoms with van der Waals surface area (Å²) in [5, 5.41) is 2.28. The zero-order valence-electron chi connectivity index (χ0n) is 18.5. The number of ether oxygens (including phenoxy) is 1. The Morgan fingerprint density at radius 1 is 1.16 bits per heavy atom. The predicted octanol–water partition coefficient (Wildman–Crippen LogP) is 3.44. The Morgan fingerprint density at radius 3 is 2.72 bits per heavy atom. The number of nitrogens with zero attached hydrogens (tertiary/aromatic N) is 4. The number of carbonyl (C=O) groups excluding carboxylic acids is 1. The van der Waals surface area contributed by atoms with Gasteiger partial charge in [0.2, 0.25) is 5.91 Å². The van der Waals surface area contributed by atoms with Crippen LogP contribution in [0.3, 0.4) is 0 Å². The molecule has 1 aliphatic carbocycles. The molecule has 7 heteroatoms. The maximum atomic E-state index is 12.3. The van der Waals surface area contributed by atoms with Crippen molar-refractivity contribution < 1.29 is 9.53 Å². The van der Waals surface area contributed by atoms with E-state index in [9.17, 15) is 4.79 Å². The molecule has 0 bridgehead atoms. The minimum atomic E-state index is 0.145. The molecule has 2 aliphatic rings. The fourth-order valence-electron chi connectivity index (χ4n) is 4.54. The summed E-state index contributed by atoms with van der Waals surface area (Å²) in [6.45, 7) is 3.30. The Morgan fingerprint density at radius 2 is 1.97 bits per heavy atom. The molecule has 0 atom stereocenters. The van der Waals surface area contributed by atoms with Crippen molar-refractivity contribution in [3.8, 4) is 11.1 Å². The molecule has 32 heavy (non-hydrogen) atoms. The molecule has 1 aliphatic heterocycles. The second-order valence-electron chi connectivity index (χ2n) is 8.62. The molecule has 2 fully saturated rings. The van der Waals surface area contributed by atoms with Gasteiger partial charge in [0.15, 0.2) is 5.82 Å². The van der Waals surface area contributed by atoms with E-state index in [1.54, 1.807) is 7.11 Å². The number of hydrogen-bond donors (Lipinski definition) is 1. The summed E-state index contributed by atoms with van der Waals surface area (Å²) in [4.78, 5) is 25.8. The Hall–Kier alpha value is -3.19. The fourth-order valence-corrected chi connectivity index (χ4v) is 4.54. The lowest BCUT2D eigenvalue weighted by molar-refractivity contribution is -0.132. The van der Waals surface area contributed by atoms with Gasteiger partial charge in [0.05, 0.1) is 24.4 Å². The lowest BCUT2D eigenvalue weighted by atomic mass is 9.96. The Labute approximate surface area is 188 Å². The van der Waals surface area contributed by atoms with Gasteiger partial charge in [-0.2, -0.15) is 0 Å². The van der Waals surface area contributed by atoms with Crippen LogP contribution in [-0.4, -0.2) is 60.7 Å². The Bertz CT molecular complexity index is 1130. The normalized spacial score (nSPS) is 16.5. The lowest BCUT2D eigenvalue weighted by Crippen LogP contribution is -2.49. The highest BCUT2D eigenvalue weighted by molar-refractivity contribution is 5.97. The van der Waals surface area contributed by atoms with Gasteiger partial charge in [-0.3, -0.25) is 9.78 Å². The number of anilines is 2. The number of carbonyl (C=O) groups is 1. The molecule has 1 saturated carbocycles. The van der Waals surface area contributed by atoms with Gasteiger partial charge >= 0.3 is 0 Å². The fraction of sp³-hybridized carbons (Fsp3) is 0.400. The van der Waals surface area contributed by atoms with Crippen LogP contribution in [0.4, 0.5) is 11.5 Å². The highest BCUT2D eigenvalue weighted by atomic mass is 16.5. The number of nitrogen functional groups attached to an aromatic ring is 1. The van der Waals surface area contributed by atoms with Crippen LogP contribution in [0, 0.1) is 0 Å². The van der Waals surface area contributed by atoms with Gasteiger partial charge in [0.25, 0.3) is 0 Å². The van der Waals surface area contributed by atoms with E-state index < -0.39 is 0 Å². The van der Waals surface area contributed by atoms with Crippen molar-refractivity contribution in [1.29, 1.82) is 0 Å². The van der Waals surface area contributed by atoms with E-state index in [0.717, 1.165) is 54.0 Å². The van der Waals surface area contributed by atoms with E-state index in [4.69, 9.17) is 15.5 Å². The van der Waals surface area contributed by atoms with Crippen molar-refractivity contribution in [2.24, 2.45) is 0 Å². The van der Waals surface area contributed by atoms with Crippen LogP contribution < -0.4 is 10.6 Å². The topological polar surface area (TPSA) is 84.6 Å².